The second-order valence-corrected chi connectivity index (χ2v) is 19.3. The van der Waals surface area contributed by atoms with Crippen LogP contribution in [-0.4, -0.2) is 149 Å². The average molecular weight is 1030 g/mol. The maximum absolute atomic E-state index is 14.6. The molecule has 2 fully saturated rings. The Labute approximate surface area is 421 Å². The first-order valence-electron chi connectivity index (χ1n) is 23.6. The van der Waals surface area contributed by atoms with Crippen molar-refractivity contribution in [3.05, 3.63) is 70.7 Å². The van der Waals surface area contributed by atoms with Crippen LogP contribution in [0.3, 0.4) is 0 Å². The van der Waals surface area contributed by atoms with Crippen LogP contribution >= 0.6 is 23.4 Å². The number of likely N-dealkylation sites (tertiary alicyclic amines) is 1. The molecule has 8 atom stereocenters. The number of β-amino-alcohol motifs (C(OH)–C–C–N with tert-alkyl or cyclic N) is 1. The van der Waals surface area contributed by atoms with Gasteiger partial charge in [-0.25, -0.2) is 0 Å². The molecule has 0 radical (unpaired) electrons. The van der Waals surface area contributed by atoms with E-state index in [4.69, 9.17) is 28.5 Å². The molecular weight excluding hydrogens is 960 g/mol. The molecule has 71 heavy (non-hydrogen) atoms. The van der Waals surface area contributed by atoms with Crippen molar-refractivity contribution in [2.24, 2.45) is 17.4 Å². The number of carbonyl (C=O) groups is 9. The number of thioether (sulfide) groups is 1. The van der Waals surface area contributed by atoms with Crippen LogP contribution in [0.5, 0.6) is 0 Å². The van der Waals surface area contributed by atoms with E-state index in [0.29, 0.717) is 22.6 Å². The maximum Gasteiger partial charge on any atom is 0.246 e. The Morgan fingerprint density at radius 1 is 0.845 bits per heavy atom. The fraction of sp³-hybridized carbons (Fsp3) is 0.532. The first-order valence-corrected chi connectivity index (χ1v) is 25.1. The van der Waals surface area contributed by atoms with Crippen LogP contribution in [0, 0.1) is 11.3 Å². The third kappa shape index (κ3) is 18.7. The zero-order chi connectivity index (χ0) is 52.2. The normalized spacial score (nSPS) is 23.4. The highest BCUT2D eigenvalue weighted by Gasteiger charge is 2.43. The van der Waals surface area contributed by atoms with Crippen molar-refractivity contribution < 1.29 is 48.3 Å². The molecule has 2 aliphatic heterocycles. The van der Waals surface area contributed by atoms with Gasteiger partial charge in [0.15, 0.2) is 5.96 Å². The minimum Gasteiger partial charge on any atom is -0.391 e. The number of nitrogens with two attached hydrogens (primary N) is 2. The zero-order valence-electron chi connectivity index (χ0n) is 40.1. The summed E-state index contributed by atoms with van der Waals surface area (Å²) in [7, 11) is 0. The molecule has 0 spiro atoms. The minimum atomic E-state index is -1.67. The molecule has 22 nitrogen and oxygen atoms in total. The van der Waals surface area contributed by atoms with Crippen LogP contribution in [0.15, 0.2) is 54.6 Å². The largest absolute Gasteiger partial charge is 0.391 e. The van der Waals surface area contributed by atoms with E-state index >= 15 is 0 Å². The molecule has 4 rings (SSSR count). The van der Waals surface area contributed by atoms with Gasteiger partial charge in [-0.3, -0.25) is 48.6 Å². The van der Waals surface area contributed by atoms with E-state index in [0.717, 1.165) is 4.90 Å². The van der Waals surface area contributed by atoms with Gasteiger partial charge in [-0.1, -0.05) is 67.9 Å². The predicted octanol–water partition coefficient (Wildman–Crippen LogP) is -1.55. The van der Waals surface area contributed by atoms with Gasteiger partial charge in [0.2, 0.25) is 53.2 Å². The Kier molecular flexibility index (Phi) is 22.9. The SMILES string of the molecule is CCNC(=O)[C@@H](CCCNC(=N)N)NC(=O)[C@@H]1C[C@@H](O)CN1C(=O)[C@@H]1CSCCCC(=O)N[C@@H](Cc2ccc(Cl)cc2)C(=O)N[C@@H](Cc2ccccc2)C(=O)N[C@@H](C(C)C)C(=O)N[C@@H](CC(N)=O)C(=O)N1. The number of nitrogens with one attached hydrogen (secondary N) is 9. The third-order valence-electron chi connectivity index (χ3n) is 11.6. The number of aliphatic hydroxyl groups excluding tert-OH is 1. The lowest BCUT2D eigenvalue weighted by Gasteiger charge is -2.31. The molecule has 2 aromatic carbocycles. The standard InChI is InChI=1S/C47H67ClN12O10S/c1-4-52-40(64)31(12-8-18-53-47(50)51)55-44(68)36-22-30(61)24-60(36)46(70)35-25-71-19-9-13-38(63)54-32(21-28-14-16-29(48)17-15-28)41(65)56-33(20-27-10-6-5-7-11-27)43(67)59-39(26(2)3)45(69)57-34(23-37(49)62)42(66)58-35/h5-7,10-11,14-17,26,30-36,39,61H,4,8-9,12-13,18-25H2,1-3H3,(H2,49,62)(H,52,64)(H,54,63)(H,55,68)(H,56,65)(H,57,69)(H,58,66)(H,59,67)(H4,50,51,53)/t30-,31-,32+,33+,34+,35+,36+,39+/m1/s1. The Balaban J connectivity index is 1.67. The van der Waals surface area contributed by atoms with E-state index in [-0.39, 0.29) is 75.6 Å². The third-order valence-corrected chi connectivity index (χ3v) is 13.0. The van der Waals surface area contributed by atoms with Gasteiger partial charge in [0, 0.05) is 56.1 Å². The van der Waals surface area contributed by atoms with Crippen LogP contribution in [0.25, 0.3) is 0 Å². The van der Waals surface area contributed by atoms with Crippen LogP contribution < -0.4 is 54.0 Å². The quantitative estimate of drug-likeness (QED) is 0.0516. The fourth-order valence-electron chi connectivity index (χ4n) is 7.98. The molecule has 2 heterocycles. The van der Waals surface area contributed by atoms with Crippen LogP contribution in [0.1, 0.15) is 70.4 Å². The van der Waals surface area contributed by atoms with Crippen molar-refractivity contribution >= 4 is 82.5 Å². The molecule has 0 saturated carbocycles. The van der Waals surface area contributed by atoms with Crippen molar-refractivity contribution in [1.82, 2.24) is 47.4 Å². The van der Waals surface area contributed by atoms with Gasteiger partial charge in [-0.05, 0) is 61.1 Å². The molecule has 24 heteroatoms. The number of likely N-dealkylation sites (N-methyl/N-ethyl adjacent to an activating group) is 1. The van der Waals surface area contributed by atoms with E-state index in [9.17, 15) is 48.3 Å². The highest BCUT2D eigenvalue weighted by Crippen LogP contribution is 2.22. The summed E-state index contributed by atoms with van der Waals surface area (Å²) >= 11 is 7.29. The molecule has 2 aliphatic rings. The number of benzene rings is 2. The topological polar surface area (TPSA) is 349 Å². The monoisotopic (exact) mass is 1030 g/mol. The fourth-order valence-corrected chi connectivity index (χ4v) is 9.08. The molecule has 388 valence electrons. The Hall–Kier alpha value is -6.46. The summed E-state index contributed by atoms with van der Waals surface area (Å²) in [4.78, 5) is 125. The van der Waals surface area contributed by atoms with Gasteiger partial charge in [-0.2, -0.15) is 11.8 Å². The summed E-state index contributed by atoms with van der Waals surface area (Å²) in [5.74, 6) is -7.68. The lowest BCUT2D eigenvalue weighted by Crippen LogP contribution is -2.61. The van der Waals surface area contributed by atoms with Gasteiger partial charge in [0.05, 0.1) is 12.5 Å². The van der Waals surface area contributed by atoms with E-state index in [1.165, 1.54) is 11.8 Å². The van der Waals surface area contributed by atoms with Crippen LogP contribution in [0.2, 0.25) is 5.02 Å². The Morgan fingerprint density at radius 3 is 2.10 bits per heavy atom. The average Bonchev–Trinajstić information content (AvgIpc) is 3.72. The van der Waals surface area contributed by atoms with Crippen LogP contribution in [0.4, 0.5) is 0 Å². The number of guanidine groups is 1. The second kappa shape index (κ2) is 28.4. The molecule has 0 aromatic heterocycles. The summed E-state index contributed by atoms with van der Waals surface area (Å²) in [5, 5.41) is 40.0. The van der Waals surface area contributed by atoms with E-state index in [1.54, 1.807) is 75.4 Å². The van der Waals surface area contributed by atoms with Crippen molar-refractivity contribution in [3.8, 4) is 0 Å². The molecule has 0 bridgehead atoms. The summed E-state index contributed by atoms with van der Waals surface area (Å²) in [5.41, 5.74) is 12.3. The Bertz CT molecular complexity index is 2210. The molecule has 9 amide bonds. The van der Waals surface area contributed by atoms with Crippen molar-refractivity contribution in [1.29, 1.82) is 5.41 Å². The minimum absolute atomic E-state index is 0.0168. The lowest BCUT2D eigenvalue weighted by molar-refractivity contribution is -0.142. The summed E-state index contributed by atoms with van der Waals surface area (Å²) < 4.78 is 0. The van der Waals surface area contributed by atoms with Crippen LogP contribution in [-0.2, 0) is 56.0 Å². The molecule has 2 aromatic rings. The number of carbonyl (C=O) groups excluding carboxylic acids is 9. The van der Waals surface area contributed by atoms with Gasteiger partial charge >= 0.3 is 0 Å². The summed E-state index contributed by atoms with van der Waals surface area (Å²) in [6, 6.07) is 6.25. The lowest BCUT2D eigenvalue weighted by atomic mass is 9.99. The first-order chi connectivity index (χ1) is 33.8. The first kappa shape index (κ1) is 57.1. The molecular formula is C47H67ClN12O10S. The number of hydrogen-bond donors (Lipinski definition) is 12. The van der Waals surface area contributed by atoms with Crippen molar-refractivity contribution in [2.75, 3.05) is 31.1 Å². The zero-order valence-corrected chi connectivity index (χ0v) is 41.7. The number of aliphatic hydroxyl groups is 1. The number of primary amides is 1. The number of rotatable bonds is 16. The number of nitrogens with zero attached hydrogens (tertiary/aromatic N) is 1. The molecule has 0 unspecified atom stereocenters. The van der Waals surface area contributed by atoms with Gasteiger partial charge in [-0.15, -0.1) is 0 Å². The van der Waals surface area contributed by atoms with Gasteiger partial charge in [0.1, 0.15) is 42.3 Å². The van der Waals surface area contributed by atoms with Gasteiger partial charge in [0.25, 0.3) is 0 Å². The highest BCUT2D eigenvalue weighted by molar-refractivity contribution is 7.99. The number of hydrogen-bond acceptors (Lipinski definition) is 12. The van der Waals surface area contributed by atoms with E-state index < -0.39 is 114 Å². The number of halogens is 1. The highest BCUT2D eigenvalue weighted by atomic mass is 35.5. The number of amides is 9. The smallest absolute Gasteiger partial charge is 0.246 e. The van der Waals surface area contributed by atoms with Crippen molar-refractivity contribution in [3.63, 3.8) is 0 Å². The van der Waals surface area contributed by atoms with E-state index in [1.807, 2.05) is 0 Å². The Morgan fingerprint density at radius 2 is 1.46 bits per heavy atom. The molecule has 2 saturated heterocycles. The maximum atomic E-state index is 14.6. The van der Waals surface area contributed by atoms with Gasteiger partial charge < -0.3 is 64.0 Å². The van der Waals surface area contributed by atoms with E-state index in [2.05, 4.69) is 42.5 Å². The summed E-state index contributed by atoms with van der Waals surface area (Å²) in [6.07, 6.45) is -1.48. The second-order valence-electron chi connectivity index (χ2n) is 17.7. The molecule has 14 N–H and O–H groups in total. The predicted molar refractivity (Wildman–Crippen MR) is 266 cm³/mol. The summed E-state index contributed by atoms with van der Waals surface area (Å²) in [6.45, 7) is 5.12. The van der Waals surface area contributed by atoms with Crippen molar-refractivity contribution in [2.45, 2.75) is 121 Å². The molecule has 0 aliphatic carbocycles.